The number of carbonyl (C=O) groups is 1. The first-order valence-electron chi connectivity index (χ1n) is 12.9. The van der Waals surface area contributed by atoms with Crippen molar-refractivity contribution in [2.75, 3.05) is 30.0 Å². The number of anilines is 2. The molecule has 3 aliphatic rings. The van der Waals surface area contributed by atoms with Crippen LogP contribution in [0, 0.1) is 25.7 Å². The molecule has 2 aliphatic carbocycles. The first kappa shape index (κ1) is 25.2. The Morgan fingerprint density at radius 1 is 1.17 bits per heavy atom. The van der Waals surface area contributed by atoms with E-state index in [9.17, 15) is 14.3 Å². The number of hydrogen-bond donors (Lipinski definition) is 3. The Morgan fingerprint density at radius 2 is 1.89 bits per heavy atom. The van der Waals surface area contributed by atoms with E-state index >= 15 is 0 Å². The maximum atomic E-state index is 13.3. The Bertz CT molecular complexity index is 1170. The Kier molecular flexibility index (Phi) is 7.07. The molecule has 0 radical (unpaired) electrons. The summed E-state index contributed by atoms with van der Waals surface area (Å²) in [5.41, 5.74) is 4.03. The number of benzene rings is 1. The largest absolute Gasteiger partial charge is 0.365 e. The molecule has 9 nitrogen and oxygen atoms in total. The van der Waals surface area contributed by atoms with Crippen LogP contribution in [0.3, 0.4) is 0 Å². The average molecular weight is 514 g/mol. The summed E-state index contributed by atoms with van der Waals surface area (Å²) in [6, 6.07) is 6.33. The van der Waals surface area contributed by atoms with Gasteiger partial charge in [-0.15, -0.1) is 0 Å². The number of carbonyl (C=O) groups excluding carboxylic acids is 1. The van der Waals surface area contributed by atoms with Crippen LogP contribution in [-0.2, 0) is 15.6 Å². The third kappa shape index (κ3) is 6.07. The average Bonchev–Trinajstić information content (AvgIpc) is 3.44. The predicted molar refractivity (Wildman–Crippen MR) is 139 cm³/mol. The maximum Gasteiger partial charge on any atom is 0.325 e. The van der Waals surface area contributed by atoms with Crippen molar-refractivity contribution >= 4 is 25.3 Å². The molecule has 3 fully saturated rings. The lowest BCUT2D eigenvalue weighted by molar-refractivity contribution is 0.0882. The third-order valence-corrected chi connectivity index (χ3v) is 8.36. The normalized spacial score (nSPS) is 26.7. The lowest BCUT2D eigenvalue weighted by atomic mass is 9.93. The molecule has 194 valence electrons. The van der Waals surface area contributed by atoms with Crippen molar-refractivity contribution in [3.05, 3.63) is 46.6 Å². The lowest BCUT2D eigenvalue weighted by Crippen LogP contribution is -2.39. The first-order valence-corrected chi connectivity index (χ1v) is 14.9. The van der Waals surface area contributed by atoms with Crippen LogP contribution in [0.4, 0.5) is 11.8 Å². The van der Waals surface area contributed by atoms with E-state index < -0.39 is 7.60 Å². The van der Waals surface area contributed by atoms with E-state index in [1.165, 1.54) is 24.2 Å². The highest BCUT2D eigenvalue weighted by atomic mass is 31.2. The molecule has 1 aliphatic heterocycles. The number of aromatic nitrogens is 2. The van der Waals surface area contributed by atoms with Crippen LogP contribution in [0.25, 0.3) is 0 Å². The Hall–Kier alpha value is -2.48. The zero-order chi connectivity index (χ0) is 25.4. The minimum Gasteiger partial charge on any atom is -0.365 e. The van der Waals surface area contributed by atoms with E-state index in [1.807, 2.05) is 0 Å². The van der Waals surface area contributed by atoms with Crippen LogP contribution in [-0.4, -0.2) is 52.7 Å². The molecule has 2 saturated carbocycles. The van der Waals surface area contributed by atoms with E-state index in [0.29, 0.717) is 49.6 Å². The fourth-order valence-electron chi connectivity index (χ4n) is 5.34. The maximum absolute atomic E-state index is 13.3. The van der Waals surface area contributed by atoms with Gasteiger partial charge in [0, 0.05) is 38.5 Å². The topological polar surface area (TPSA) is 117 Å². The quantitative estimate of drug-likeness (QED) is 0.453. The molecule has 1 amide bonds. The van der Waals surface area contributed by atoms with Crippen LogP contribution in [0.5, 0.6) is 0 Å². The molecule has 10 heteroatoms. The van der Waals surface area contributed by atoms with Crippen molar-refractivity contribution in [3.8, 4) is 0 Å². The summed E-state index contributed by atoms with van der Waals surface area (Å²) in [4.78, 5) is 34.3. The summed E-state index contributed by atoms with van der Waals surface area (Å²) in [7, 11) is -3.51. The SMILES string of the molecule is Cc1ccc(CNc2nc(N3CC4CC4C3)ncc2C(=O)N[C@H]2CC[C@H](OP(C)(=O)O)CC2)cc1C. The summed E-state index contributed by atoms with van der Waals surface area (Å²) in [5.74, 6) is 2.53. The highest BCUT2D eigenvalue weighted by molar-refractivity contribution is 7.51. The fourth-order valence-corrected chi connectivity index (χ4v) is 6.10. The van der Waals surface area contributed by atoms with Crippen molar-refractivity contribution in [1.82, 2.24) is 15.3 Å². The van der Waals surface area contributed by atoms with Crippen LogP contribution >= 0.6 is 7.60 Å². The van der Waals surface area contributed by atoms with Gasteiger partial charge in [-0.1, -0.05) is 18.2 Å². The lowest BCUT2D eigenvalue weighted by Gasteiger charge is -2.29. The zero-order valence-corrected chi connectivity index (χ0v) is 22.1. The van der Waals surface area contributed by atoms with E-state index in [-0.39, 0.29) is 18.1 Å². The van der Waals surface area contributed by atoms with E-state index in [4.69, 9.17) is 9.51 Å². The summed E-state index contributed by atoms with van der Waals surface area (Å²) in [6.45, 7) is 7.93. The summed E-state index contributed by atoms with van der Waals surface area (Å²) >= 11 is 0. The van der Waals surface area contributed by atoms with Crippen LogP contribution in [0.15, 0.2) is 24.4 Å². The van der Waals surface area contributed by atoms with Gasteiger partial charge in [-0.05, 0) is 74.5 Å². The summed E-state index contributed by atoms with van der Waals surface area (Å²) in [5, 5.41) is 6.51. The van der Waals surface area contributed by atoms with E-state index in [2.05, 4.69) is 52.6 Å². The smallest absolute Gasteiger partial charge is 0.325 e. The van der Waals surface area contributed by atoms with Crippen molar-refractivity contribution in [3.63, 3.8) is 0 Å². The monoisotopic (exact) mass is 513 g/mol. The van der Waals surface area contributed by atoms with Gasteiger partial charge >= 0.3 is 7.60 Å². The second-order valence-corrected chi connectivity index (χ2v) is 12.5. The van der Waals surface area contributed by atoms with Gasteiger partial charge in [0.2, 0.25) is 5.95 Å². The van der Waals surface area contributed by atoms with Crippen molar-refractivity contribution in [2.45, 2.75) is 64.6 Å². The molecule has 0 bridgehead atoms. The van der Waals surface area contributed by atoms with Crippen molar-refractivity contribution < 1.29 is 18.8 Å². The Morgan fingerprint density at radius 3 is 2.56 bits per heavy atom. The molecule has 36 heavy (non-hydrogen) atoms. The number of piperidine rings is 1. The number of hydrogen-bond acceptors (Lipinski definition) is 7. The van der Waals surface area contributed by atoms with Crippen LogP contribution in [0.1, 0.15) is 59.2 Å². The van der Waals surface area contributed by atoms with Gasteiger partial charge in [0.25, 0.3) is 5.91 Å². The molecule has 3 N–H and O–H groups in total. The molecule has 3 atom stereocenters. The highest BCUT2D eigenvalue weighted by Gasteiger charge is 2.46. The van der Waals surface area contributed by atoms with Gasteiger partial charge in [-0.25, -0.2) is 4.98 Å². The number of fused-ring (bicyclic) bond motifs is 1. The van der Waals surface area contributed by atoms with Crippen LogP contribution < -0.4 is 15.5 Å². The molecular formula is C26H36N5O4P. The number of nitrogens with one attached hydrogen (secondary N) is 2. The van der Waals surface area contributed by atoms with Crippen molar-refractivity contribution in [2.24, 2.45) is 11.8 Å². The summed E-state index contributed by atoms with van der Waals surface area (Å²) < 4.78 is 16.8. The molecular weight excluding hydrogens is 477 g/mol. The summed E-state index contributed by atoms with van der Waals surface area (Å²) in [6.07, 6.45) is 5.34. The third-order valence-electron chi connectivity index (χ3n) is 7.67. The first-order chi connectivity index (χ1) is 17.1. The molecule has 2 heterocycles. The molecule has 3 unspecified atom stereocenters. The van der Waals surface area contributed by atoms with Crippen LogP contribution in [0.2, 0.25) is 0 Å². The second kappa shape index (κ2) is 10.1. The molecule has 2 aromatic rings. The molecule has 1 aromatic heterocycles. The molecule has 1 aromatic carbocycles. The van der Waals surface area contributed by atoms with E-state index in [1.54, 1.807) is 6.20 Å². The van der Waals surface area contributed by atoms with E-state index in [0.717, 1.165) is 30.5 Å². The number of aryl methyl sites for hydroxylation is 2. The highest BCUT2D eigenvalue weighted by Crippen LogP contribution is 2.46. The van der Waals surface area contributed by atoms with Gasteiger partial charge in [0.1, 0.15) is 11.4 Å². The second-order valence-electron chi connectivity index (χ2n) is 10.7. The zero-order valence-electron chi connectivity index (χ0n) is 21.2. The van der Waals surface area contributed by atoms with Gasteiger partial charge in [0.05, 0.1) is 6.10 Å². The number of rotatable bonds is 8. The van der Waals surface area contributed by atoms with Crippen molar-refractivity contribution in [1.29, 1.82) is 0 Å². The standard InChI is InChI=1S/C26H36N5O4P/c1-16-4-5-18(10-17(16)2)12-27-24-23(13-28-26(30-24)31-14-19-11-20(19)15-31)25(32)29-21-6-8-22(9-7-21)35-36(3,33)34/h4-5,10,13,19-22H,6-9,11-12,14-15H2,1-3H3,(H,29,32)(H,33,34)(H,27,28,30)/t19?,20?,21-,22-. The minimum atomic E-state index is -3.51. The number of nitrogens with zero attached hydrogens (tertiary/aromatic N) is 3. The Balaban J connectivity index is 1.28. The van der Waals surface area contributed by atoms with Gasteiger partial charge in [0.15, 0.2) is 0 Å². The minimum absolute atomic E-state index is 0.0229. The van der Waals surface area contributed by atoms with Gasteiger partial charge in [-0.2, -0.15) is 4.98 Å². The van der Waals surface area contributed by atoms with Gasteiger partial charge < -0.3 is 25.0 Å². The predicted octanol–water partition coefficient (Wildman–Crippen LogP) is 4.03. The van der Waals surface area contributed by atoms with Gasteiger partial charge in [-0.3, -0.25) is 9.36 Å². The Labute approximate surface area is 212 Å². The molecule has 1 saturated heterocycles. The molecule has 0 spiro atoms. The molecule has 5 rings (SSSR count). The number of amides is 1. The fraction of sp³-hybridized carbons (Fsp3) is 0.577.